The summed E-state index contributed by atoms with van der Waals surface area (Å²) in [5.74, 6) is 0.275. The number of carbonyl (C=O) groups excluding carboxylic acids is 2. The van der Waals surface area contributed by atoms with E-state index < -0.39 is 11.8 Å². The molecule has 1 fully saturated rings. The Morgan fingerprint density at radius 2 is 1.65 bits per heavy atom. The van der Waals surface area contributed by atoms with Crippen molar-refractivity contribution in [2.24, 2.45) is 0 Å². The number of hydrogen-bond acceptors (Lipinski definition) is 5. The van der Waals surface area contributed by atoms with Crippen LogP contribution < -0.4 is 9.47 Å². The molecule has 0 unspecified atom stereocenters. The normalized spacial score (nSPS) is 15.2. The smallest absolute Gasteiger partial charge is 0.265 e. The minimum atomic E-state index is -0.428. The van der Waals surface area contributed by atoms with Crippen LogP contribution in [0.1, 0.15) is 5.56 Å². The van der Waals surface area contributed by atoms with Crippen LogP contribution in [0.4, 0.5) is 0 Å². The Morgan fingerprint density at radius 1 is 1.09 bits per heavy atom. The van der Waals surface area contributed by atoms with E-state index in [0.29, 0.717) is 17.1 Å². The zero-order chi connectivity index (χ0) is 17.3. The van der Waals surface area contributed by atoms with E-state index in [2.05, 4.69) is 22.6 Å². The highest BCUT2D eigenvalue weighted by atomic mass is 127. The Balaban J connectivity index is 2.53. The predicted octanol–water partition coefficient (Wildman–Crippen LogP) is 1.91. The number of benzene rings is 1. The van der Waals surface area contributed by atoms with E-state index in [1.54, 1.807) is 27.3 Å². The van der Waals surface area contributed by atoms with Gasteiger partial charge in [-0.25, -0.2) is 0 Å². The predicted molar refractivity (Wildman–Crippen MR) is 98.4 cm³/mol. The van der Waals surface area contributed by atoms with E-state index in [-0.39, 0.29) is 10.7 Å². The number of likely N-dealkylation sites (N-methyl/N-ethyl adjacent to an activating group) is 2. The molecule has 0 spiro atoms. The van der Waals surface area contributed by atoms with E-state index in [4.69, 9.17) is 21.7 Å². The maximum Gasteiger partial charge on any atom is 0.265 e. The zero-order valence-electron chi connectivity index (χ0n) is 13.0. The van der Waals surface area contributed by atoms with Crippen LogP contribution in [0.2, 0.25) is 0 Å². The Labute approximate surface area is 153 Å². The van der Waals surface area contributed by atoms with Gasteiger partial charge in [0.15, 0.2) is 16.6 Å². The molecule has 1 aromatic carbocycles. The highest BCUT2D eigenvalue weighted by molar-refractivity contribution is 14.1. The lowest BCUT2D eigenvalue weighted by molar-refractivity contribution is -0.132. The molecule has 1 aliphatic rings. The second-order valence-electron chi connectivity index (χ2n) is 4.81. The quantitative estimate of drug-likeness (QED) is 0.307. The summed E-state index contributed by atoms with van der Waals surface area (Å²) in [6.45, 7) is 0. The highest BCUT2D eigenvalue weighted by Gasteiger charge is 2.35. The first kappa shape index (κ1) is 17.7. The molecule has 0 aromatic heterocycles. The van der Waals surface area contributed by atoms with E-state index >= 15 is 0 Å². The van der Waals surface area contributed by atoms with Crippen molar-refractivity contribution in [2.45, 2.75) is 0 Å². The van der Waals surface area contributed by atoms with Crippen LogP contribution in [-0.4, -0.2) is 55.0 Å². The zero-order valence-corrected chi connectivity index (χ0v) is 16.0. The average molecular weight is 446 g/mol. The first-order chi connectivity index (χ1) is 10.8. The van der Waals surface area contributed by atoms with Crippen LogP contribution in [0.25, 0.3) is 6.08 Å². The van der Waals surface area contributed by atoms with Crippen LogP contribution in [-0.2, 0) is 9.59 Å². The summed E-state index contributed by atoms with van der Waals surface area (Å²) >= 11 is 7.17. The van der Waals surface area contributed by atoms with Gasteiger partial charge in [0.1, 0.15) is 5.57 Å². The van der Waals surface area contributed by atoms with Gasteiger partial charge in [-0.2, -0.15) is 0 Å². The molecule has 8 heteroatoms. The van der Waals surface area contributed by atoms with E-state index in [9.17, 15) is 9.59 Å². The third-order valence-corrected chi connectivity index (χ3v) is 4.76. The molecule has 0 saturated carbocycles. The molecule has 0 bridgehead atoms. The molecule has 6 nitrogen and oxygen atoms in total. The van der Waals surface area contributed by atoms with Gasteiger partial charge in [-0.15, -0.1) is 0 Å². The number of halogens is 1. The van der Waals surface area contributed by atoms with Crippen molar-refractivity contribution in [3.63, 3.8) is 0 Å². The van der Waals surface area contributed by atoms with Gasteiger partial charge in [-0.3, -0.25) is 19.4 Å². The second-order valence-corrected chi connectivity index (χ2v) is 6.33. The van der Waals surface area contributed by atoms with Crippen molar-refractivity contribution >= 4 is 57.8 Å². The fourth-order valence-corrected chi connectivity index (χ4v) is 3.17. The van der Waals surface area contributed by atoms with E-state index in [0.717, 1.165) is 3.57 Å². The summed E-state index contributed by atoms with van der Waals surface area (Å²) in [4.78, 5) is 27.2. The van der Waals surface area contributed by atoms with Gasteiger partial charge in [0.25, 0.3) is 11.8 Å². The Hall–Kier alpha value is -1.68. The van der Waals surface area contributed by atoms with E-state index in [1.165, 1.54) is 23.0 Å². The molecule has 23 heavy (non-hydrogen) atoms. The van der Waals surface area contributed by atoms with Crippen molar-refractivity contribution in [1.82, 2.24) is 9.80 Å². The minimum Gasteiger partial charge on any atom is -0.493 e. The summed E-state index contributed by atoms with van der Waals surface area (Å²) < 4.78 is 11.4. The van der Waals surface area contributed by atoms with Crippen molar-refractivity contribution < 1.29 is 19.1 Å². The maximum atomic E-state index is 12.3. The van der Waals surface area contributed by atoms with Crippen LogP contribution in [0.5, 0.6) is 11.5 Å². The van der Waals surface area contributed by atoms with Crippen molar-refractivity contribution in [2.75, 3.05) is 28.3 Å². The molecule has 1 heterocycles. The number of nitrogens with zero attached hydrogens (tertiary/aromatic N) is 2. The second kappa shape index (κ2) is 6.83. The largest absolute Gasteiger partial charge is 0.493 e. The number of hydrogen-bond donors (Lipinski definition) is 0. The number of rotatable bonds is 3. The molecule has 0 N–H and O–H groups in total. The Kier molecular flexibility index (Phi) is 5.25. The fourth-order valence-electron chi connectivity index (χ4n) is 2.16. The minimum absolute atomic E-state index is 0.0478. The van der Waals surface area contributed by atoms with Gasteiger partial charge in [0.2, 0.25) is 0 Å². The summed E-state index contributed by atoms with van der Waals surface area (Å²) in [5.41, 5.74) is 0.713. The summed E-state index contributed by atoms with van der Waals surface area (Å²) in [6.07, 6.45) is 1.53. The number of carbonyl (C=O) groups is 2. The van der Waals surface area contributed by atoms with E-state index in [1.807, 2.05) is 6.07 Å². The summed E-state index contributed by atoms with van der Waals surface area (Å²) in [5, 5.41) is 0.180. The van der Waals surface area contributed by atoms with Crippen molar-refractivity contribution in [1.29, 1.82) is 0 Å². The third-order valence-electron chi connectivity index (χ3n) is 3.41. The SMILES string of the molecule is COc1cc(C=C2C(=O)N(C)C(=S)N(C)C2=O)cc(I)c1OC. The first-order valence-corrected chi connectivity index (χ1v) is 8.03. The fraction of sp³-hybridized carbons (Fsp3) is 0.267. The highest BCUT2D eigenvalue weighted by Crippen LogP contribution is 2.34. The van der Waals surface area contributed by atoms with Crippen LogP contribution in [0.3, 0.4) is 0 Å². The average Bonchev–Trinajstić information content (AvgIpc) is 2.54. The van der Waals surface area contributed by atoms with Crippen molar-refractivity contribution in [3.8, 4) is 11.5 Å². The molecule has 1 aliphatic heterocycles. The Bertz CT molecular complexity index is 706. The molecule has 1 saturated heterocycles. The van der Waals surface area contributed by atoms with Gasteiger partial charge in [-0.05, 0) is 58.6 Å². The molecule has 0 atom stereocenters. The lowest BCUT2D eigenvalue weighted by atomic mass is 10.1. The van der Waals surface area contributed by atoms with Crippen LogP contribution in [0.15, 0.2) is 17.7 Å². The molecule has 2 rings (SSSR count). The topological polar surface area (TPSA) is 59.1 Å². The number of methoxy groups -OCH3 is 2. The first-order valence-electron chi connectivity index (χ1n) is 6.55. The number of thiocarbonyl (C=S) groups is 1. The van der Waals surface area contributed by atoms with Crippen LogP contribution in [0, 0.1) is 3.57 Å². The van der Waals surface area contributed by atoms with Gasteiger partial charge < -0.3 is 9.47 Å². The summed E-state index contributed by atoms with van der Waals surface area (Å²) in [6, 6.07) is 3.52. The maximum absolute atomic E-state index is 12.3. The van der Waals surface area contributed by atoms with Gasteiger partial charge in [0.05, 0.1) is 17.8 Å². The molecular formula is C15H15IN2O4S. The molecule has 0 aliphatic carbocycles. The van der Waals surface area contributed by atoms with Crippen LogP contribution >= 0.6 is 34.8 Å². The third kappa shape index (κ3) is 3.18. The van der Waals surface area contributed by atoms with Gasteiger partial charge in [0, 0.05) is 14.1 Å². The molecule has 2 amide bonds. The summed E-state index contributed by atoms with van der Waals surface area (Å²) in [7, 11) is 6.17. The number of ether oxygens (including phenoxy) is 2. The Morgan fingerprint density at radius 3 is 2.13 bits per heavy atom. The lowest BCUT2D eigenvalue weighted by Crippen LogP contribution is -2.52. The molecular weight excluding hydrogens is 431 g/mol. The van der Waals surface area contributed by atoms with Crippen molar-refractivity contribution in [3.05, 3.63) is 26.8 Å². The molecule has 1 aromatic rings. The monoisotopic (exact) mass is 446 g/mol. The lowest BCUT2D eigenvalue weighted by Gasteiger charge is -2.31. The van der Waals surface area contributed by atoms with Gasteiger partial charge in [-0.1, -0.05) is 0 Å². The standard InChI is InChI=1S/C15H15IN2O4S/c1-17-13(19)9(14(20)18(2)15(17)23)5-8-6-10(16)12(22-4)11(7-8)21-3/h5-7H,1-4H3. The number of amides is 2. The molecule has 0 radical (unpaired) electrons. The van der Waals surface area contributed by atoms with Gasteiger partial charge >= 0.3 is 0 Å². The molecule has 122 valence electrons.